The average molecular weight is 99.2 g/mol. The summed E-state index contributed by atoms with van der Waals surface area (Å²) in [6, 6.07) is 0. The first-order chi connectivity index (χ1) is 3.35. The topological polar surface area (TPSA) is 12.4 Å². The smallest absolute Gasteiger partial charge is 0.0276 e. The second-order valence-corrected chi connectivity index (χ2v) is 1.50. The molecule has 0 rings (SSSR count). The summed E-state index contributed by atoms with van der Waals surface area (Å²) >= 11 is 0. The molecule has 0 unspecified atom stereocenters. The van der Waals surface area contributed by atoms with Crippen molar-refractivity contribution in [1.29, 1.82) is 0 Å². The Morgan fingerprint density at radius 2 is 1.71 bits per heavy atom. The molecule has 0 aromatic rings. The van der Waals surface area contributed by atoms with Gasteiger partial charge in [0.2, 0.25) is 0 Å². The van der Waals surface area contributed by atoms with Crippen LogP contribution in [0.5, 0.6) is 0 Å². The highest BCUT2D eigenvalue weighted by Crippen LogP contribution is 1.88. The van der Waals surface area contributed by atoms with E-state index < -0.39 is 0 Å². The van der Waals surface area contributed by atoms with Crippen LogP contribution in [0.1, 0.15) is 26.7 Å². The van der Waals surface area contributed by atoms with E-state index in [0.29, 0.717) is 0 Å². The molecule has 0 aliphatic carbocycles. The van der Waals surface area contributed by atoms with Crippen LogP contribution in [0.25, 0.3) is 0 Å². The molecule has 0 aliphatic rings. The first-order valence-electron chi connectivity index (χ1n) is 2.79. The highest BCUT2D eigenvalue weighted by atomic mass is 14.7. The monoisotopic (exact) mass is 99.1 g/mol. The molecule has 0 radical (unpaired) electrons. The molecule has 0 fully saturated rings. The fourth-order valence-corrected chi connectivity index (χ4v) is 0.566. The molecule has 0 aliphatic heterocycles. The van der Waals surface area contributed by atoms with Crippen LogP contribution in [0.4, 0.5) is 0 Å². The van der Waals surface area contributed by atoms with Gasteiger partial charge in [-0.1, -0.05) is 13.8 Å². The predicted molar refractivity (Wildman–Crippen MR) is 33.9 cm³/mol. The Hall–Kier alpha value is -0.330. The van der Waals surface area contributed by atoms with Crippen LogP contribution >= 0.6 is 0 Å². The number of hydrogen-bond acceptors (Lipinski definition) is 1. The van der Waals surface area contributed by atoms with E-state index in [0.717, 1.165) is 12.8 Å². The second kappa shape index (κ2) is 3.85. The molecule has 0 spiro atoms. The molecule has 7 heavy (non-hydrogen) atoms. The average Bonchev–Trinajstić information content (AvgIpc) is 1.72. The van der Waals surface area contributed by atoms with Gasteiger partial charge in [0.05, 0.1) is 0 Å². The zero-order valence-electron chi connectivity index (χ0n) is 5.36. The molecule has 1 heteroatoms. The fourth-order valence-electron chi connectivity index (χ4n) is 0.566. The van der Waals surface area contributed by atoms with Crippen LogP contribution in [0.2, 0.25) is 0 Å². The van der Waals surface area contributed by atoms with E-state index in [4.69, 9.17) is 0 Å². The first kappa shape index (κ1) is 6.67. The third-order valence-corrected chi connectivity index (χ3v) is 1.13. The largest absolute Gasteiger partial charge is 0.297 e. The van der Waals surface area contributed by atoms with Crippen LogP contribution in [-0.4, -0.2) is 12.8 Å². The second-order valence-electron chi connectivity index (χ2n) is 1.50. The number of rotatable bonds is 2. The Labute approximate surface area is 45.5 Å². The lowest BCUT2D eigenvalue weighted by Crippen LogP contribution is -1.90. The van der Waals surface area contributed by atoms with Gasteiger partial charge < -0.3 is 0 Å². The molecule has 0 saturated heterocycles. The standard InChI is InChI=1S/C6H13N/c1-4-6(5-2)7-3/h4-5H2,1-3H3. The summed E-state index contributed by atoms with van der Waals surface area (Å²) in [7, 11) is 1.85. The Kier molecular flexibility index (Phi) is 3.67. The number of nitrogens with zero attached hydrogens (tertiary/aromatic N) is 1. The van der Waals surface area contributed by atoms with Crippen molar-refractivity contribution >= 4 is 5.71 Å². The van der Waals surface area contributed by atoms with Crippen molar-refractivity contribution in [2.75, 3.05) is 7.05 Å². The minimum absolute atomic E-state index is 1.10. The highest BCUT2D eigenvalue weighted by Gasteiger charge is 1.84. The molecule has 0 atom stereocenters. The minimum atomic E-state index is 1.10. The maximum absolute atomic E-state index is 4.04. The molecule has 0 aromatic heterocycles. The number of aliphatic imine (C=N–C) groups is 1. The van der Waals surface area contributed by atoms with Gasteiger partial charge in [-0.25, -0.2) is 0 Å². The molecule has 42 valence electrons. The van der Waals surface area contributed by atoms with Crippen molar-refractivity contribution in [3.63, 3.8) is 0 Å². The molecule has 0 N–H and O–H groups in total. The van der Waals surface area contributed by atoms with Crippen LogP contribution in [-0.2, 0) is 0 Å². The zero-order valence-corrected chi connectivity index (χ0v) is 5.36. The van der Waals surface area contributed by atoms with Gasteiger partial charge in [0.15, 0.2) is 0 Å². The maximum Gasteiger partial charge on any atom is 0.0276 e. The quantitative estimate of drug-likeness (QED) is 0.469. The molecular formula is C6H13N. The summed E-state index contributed by atoms with van der Waals surface area (Å²) in [6.45, 7) is 4.26. The summed E-state index contributed by atoms with van der Waals surface area (Å²) in [5.41, 5.74) is 1.31. The van der Waals surface area contributed by atoms with Crippen LogP contribution in [0.3, 0.4) is 0 Å². The predicted octanol–water partition coefficient (Wildman–Crippen LogP) is 1.88. The van der Waals surface area contributed by atoms with Crippen molar-refractivity contribution in [3.8, 4) is 0 Å². The van der Waals surface area contributed by atoms with Gasteiger partial charge in [0.1, 0.15) is 0 Å². The lowest BCUT2D eigenvalue weighted by molar-refractivity contribution is 1.13. The maximum atomic E-state index is 4.04. The van der Waals surface area contributed by atoms with Gasteiger partial charge in [-0.2, -0.15) is 0 Å². The van der Waals surface area contributed by atoms with Gasteiger partial charge in [-0.05, 0) is 12.8 Å². The molecule has 0 amide bonds. The third-order valence-electron chi connectivity index (χ3n) is 1.13. The van der Waals surface area contributed by atoms with E-state index >= 15 is 0 Å². The third kappa shape index (κ3) is 2.38. The van der Waals surface area contributed by atoms with Crippen LogP contribution in [0.15, 0.2) is 4.99 Å². The summed E-state index contributed by atoms with van der Waals surface area (Å²) in [5.74, 6) is 0. The van der Waals surface area contributed by atoms with Crippen molar-refractivity contribution in [2.24, 2.45) is 4.99 Å². The van der Waals surface area contributed by atoms with E-state index in [1.54, 1.807) is 0 Å². The van der Waals surface area contributed by atoms with Crippen molar-refractivity contribution in [2.45, 2.75) is 26.7 Å². The van der Waals surface area contributed by atoms with E-state index in [1.807, 2.05) is 7.05 Å². The summed E-state index contributed by atoms with van der Waals surface area (Å²) in [5, 5.41) is 0. The SMILES string of the molecule is CCC(CC)=NC. The molecule has 0 heterocycles. The normalized spacial score (nSPS) is 8.43. The molecule has 0 bridgehead atoms. The van der Waals surface area contributed by atoms with Crippen LogP contribution in [0, 0.1) is 0 Å². The molecular weight excluding hydrogens is 86.1 g/mol. The summed E-state index contributed by atoms with van der Waals surface area (Å²) in [4.78, 5) is 4.04. The van der Waals surface area contributed by atoms with Gasteiger partial charge in [0, 0.05) is 12.8 Å². The van der Waals surface area contributed by atoms with E-state index in [-0.39, 0.29) is 0 Å². The van der Waals surface area contributed by atoms with Crippen molar-refractivity contribution in [1.82, 2.24) is 0 Å². The first-order valence-corrected chi connectivity index (χ1v) is 2.79. The van der Waals surface area contributed by atoms with Crippen molar-refractivity contribution in [3.05, 3.63) is 0 Å². The Balaban J connectivity index is 3.38. The Morgan fingerprint density at radius 1 is 1.29 bits per heavy atom. The lowest BCUT2D eigenvalue weighted by atomic mass is 10.2. The Morgan fingerprint density at radius 3 is 1.71 bits per heavy atom. The zero-order chi connectivity index (χ0) is 5.70. The van der Waals surface area contributed by atoms with Gasteiger partial charge in [-0.15, -0.1) is 0 Å². The molecule has 0 aromatic carbocycles. The highest BCUT2D eigenvalue weighted by molar-refractivity contribution is 5.83. The lowest BCUT2D eigenvalue weighted by Gasteiger charge is -1.91. The van der Waals surface area contributed by atoms with E-state index in [9.17, 15) is 0 Å². The molecule has 1 nitrogen and oxygen atoms in total. The molecule has 0 saturated carbocycles. The van der Waals surface area contributed by atoms with E-state index in [1.165, 1.54) is 5.71 Å². The summed E-state index contributed by atoms with van der Waals surface area (Å²) in [6.07, 6.45) is 2.21. The van der Waals surface area contributed by atoms with Gasteiger partial charge >= 0.3 is 0 Å². The van der Waals surface area contributed by atoms with Gasteiger partial charge in [0.25, 0.3) is 0 Å². The van der Waals surface area contributed by atoms with E-state index in [2.05, 4.69) is 18.8 Å². The summed E-state index contributed by atoms with van der Waals surface area (Å²) < 4.78 is 0. The van der Waals surface area contributed by atoms with Crippen LogP contribution < -0.4 is 0 Å². The number of hydrogen-bond donors (Lipinski definition) is 0. The fraction of sp³-hybridized carbons (Fsp3) is 0.833. The van der Waals surface area contributed by atoms with Gasteiger partial charge in [-0.3, -0.25) is 4.99 Å². The minimum Gasteiger partial charge on any atom is -0.297 e. The Bertz CT molecular complexity index is 58.6. The van der Waals surface area contributed by atoms with Crippen molar-refractivity contribution < 1.29 is 0 Å².